The Hall–Kier alpha value is -2.72. The fourth-order valence-electron chi connectivity index (χ4n) is 3.79. The summed E-state index contributed by atoms with van der Waals surface area (Å²) in [6, 6.07) is 16.3. The largest absolute Gasteiger partial charge is 0.268 e. The van der Waals surface area contributed by atoms with E-state index in [-0.39, 0.29) is 0 Å². The van der Waals surface area contributed by atoms with E-state index in [4.69, 9.17) is 21.7 Å². The molecule has 0 amide bonds. The molecule has 5 rings (SSSR count). The molecule has 0 fully saturated rings. The van der Waals surface area contributed by atoms with Gasteiger partial charge in [0.25, 0.3) is 0 Å². The molecule has 0 saturated carbocycles. The lowest BCUT2D eigenvalue weighted by Gasteiger charge is -2.09. The maximum Gasteiger partial charge on any atom is 0.119 e. The highest BCUT2D eigenvalue weighted by atomic mass is 35.5. The van der Waals surface area contributed by atoms with Gasteiger partial charge in [-0.05, 0) is 42.7 Å². The van der Waals surface area contributed by atoms with Crippen LogP contribution in [0.25, 0.3) is 33.4 Å². The average molecular weight is 361 g/mol. The zero-order valence-corrected chi connectivity index (χ0v) is 14.9. The van der Waals surface area contributed by atoms with Crippen molar-refractivity contribution in [1.82, 2.24) is 19.7 Å². The molecule has 0 atom stereocenters. The van der Waals surface area contributed by atoms with E-state index in [0.29, 0.717) is 5.88 Å². The Morgan fingerprint density at radius 3 is 2.88 bits per heavy atom. The summed E-state index contributed by atoms with van der Waals surface area (Å²) in [4.78, 5) is 9.23. The molecule has 0 unspecified atom stereocenters. The van der Waals surface area contributed by atoms with Crippen molar-refractivity contribution in [2.45, 2.75) is 25.3 Å². The van der Waals surface area contributed by atoms with Crippen molar-refractivity contribution >= 4 is 22.5 Å². The van der Waals surface area contributed by atoms with Crippen LogP contribution in [0.4, 0.5) is 0 Å². The molecular formula is C21H17ClN4. The van der Waals surface area contributed by atoms with E-state index in [2.05, 4.69) is 33.9 Å². The van der Waals surface area contributed by atoms with E-state index in [1.165, 1.54) is 16.8 Å². The van der Waals surface area contributed by atoms with Gasteiger partial charge >= 0.3 is 0 Å². The zero-order chi connectivity index (χ0) is 17.5. The average Bonchev–Trinajstić information content (AvgIpc) is 3.29. The third-order valence-corrected chi connectivity index (χ3v) is 5.22. The van der Waals surface area contributed by atoms with Crippen molar-refractivity contribution in [3.05, 3.63) is 66.1 Å². The summed E-state index contributed by atoms with van der Waals surface area (Å²) in [6.07, 6.45) is 4.05. The monoisotopic (exact) mass is 360 g/mol. The zero-order valence-electron chi connectivity index (χ0n) is 14.2. The smallest absolute Gasteiger partial charge is 0.119 e. The summed E-state index contributed by atoms with van der Waals surface area (Å²) in [5, 5.41) is 6.06. The Bertz CT molecular complexity index is 1110. The summed E-state index contributed by atoms with van der Waals surface area (Å²) < 4.78 is 2.13. The van der Waals surface area contributed by atoms with Crippen LogP contribution in [-0.4, -0.2) is 19.7 Å². The van der Waals surface area contributed by atoms with Crippen molar-refractivity contribution in [3.8, 4) is 22.5 Å². The quantitative estimate of drug-likeness (QED) is 0.491. The summed E-state index contributed by atoms with van der Waals surface area (Å²) >= 11 is 6.00. The van der Waals surface area contributed by atoms with E-state index >= 15 is 0 Å². The second-order valence-corrected chi connectivity index (χ2v) is 6.79. The van der Waals surface area contributed by atoms with Crippen LogP contribution >= 0.6 is 11.6 Å². The molecule has 4 aromatic rings. The van der Waals surface area contributed by atoms with Crippen LogP contribution < -0.4 is 0 Å². The first kappa shape index (κ1) is 15.5. The van der Waals surface area contributed by atoms with Crippen LogP contribution in [0, 0.1) is 0 Å². The SMILES string of the molecule is ClCc1cccc(-c2nn3c(c2-c2ccnc4ccccc24)CCC3)n1. The van der Waals surface area contributed by atoms with Gasteiger partial charge in [-0.15, -0.1) is 11.6 Å². The number of aromatic nitrogens is 4. The molecule has 0 radical (unpaired) electrons. The van der Waals surface area contributed by atoms with Gasteiger partial charge in [0.1, 0.15) is 5.69 Å². The van der Waals surface area contributed by atoms with Crippen LogP contribution in [0.15, 0.2) is 54.7 Å². The predicted octanol–water partition coefficient (Wildman–Crippen LogP) is 4.85. The minimum Gasteiger partial charge on any atom is -0.268 e. The Balaban J connectivity index is 1.81. The van der Waals surface area contributed by atoms with Crippen molar-refractivity contribution in [2.75, 3.05) is 0 Å². The Labute approximate surface area is 156 Å². The summed E-state index contributed by atoms with van der Waals surface area (Å²) in [7, 11) is 0. The molecule has 4 heterocycles. The molecule has 0 aliphatic carbocycles. The standard InChI is InChI=1S/C21H17ClN4/c22-13-14-5-3-8-18(24-14)21-20(19-9-4-12-26(19)25-21)16-10-11-23-17-7-2-1-6-15(16)17/h1-3,5-8,10-11H,4,9,12-13H2. The molecule has 1 aliphatic rings. The Morgan fingerprint density at radius 2 is 1.96 bits per heavy atom. The molecule has 128 valence electrons. The topological polar surface area (TPSA) is 43.6 Å². The number of halogens is 1. The van der Waals surface area contributed by atoms with Gasteiger partial charge in [-0.25, -0.2) is 4.98 Å². The van der Waals surface area contributed by atoms with Gasteiger partial charge in [0.05, 0.1) is 22.8 Å². The highest BCUT2D eigenvalue weighted by Crippen LogP contribution is 2.39. The number of hydrogen-bond acceptors (Lipinski definition) is 3. The molecule has 0 spiro atoms. The Morgan fingerprint density at radius 1 is 1.04 bits per heavy atom. The van der Waals surface area contributed by atoms with Gasteiger partial charge in [-0.2, -0.15) is 5.10 Å². The van der Waals surface area contributed by atoms with Gasteiger partial charge in [0.15, 0.2) is 0 Å². The summed E-state index contributed by atoms with van der Waals surface area (Å²) in [5.74, 6) is 0.398. The van der Waals surface area contributed by atoms with Crippen molar-refractivity contribution in [2.24, 2.45) is 0 Å². The number of rotatable bonds is 3. The molecule has 5 heteroatoms. The third kappa shape index (κ3) is 2.41. The lowest BCUT2D eigenvalue weighted by atomic mass is 9.97. The van der Waals surface area contributed by atoms with Crippen LogP contribution in [-0.2, 0) is 18.8 Å². The highest BCUT2D eigenvalue weighted by Gasteiger charge is 2.25. The van der Waals surface area contributed by atoms with E-state index in [1.54, 1.807) is 0 Å². The molecule has 26 heavy (non-hydrogen) atoms. The molecule has 3 aromatic heterocycles. The van der Waals surface area contributed by atoms with Gasteiger partial charge in [-0.3, -0.25) is 9.67 Å². The van der Waals surface area contributed by atoms with Crippen molar-refractivity contribution < 1.29 is 0 Å². The fourth-order valence-corrected chi connectivity index (χ4v) is 3.94. The minimum atomic E-state index is 0.398. The van der Waals surface area contributed by atoms with E-state index in [0.717, 1.165) is 47.4 Å². The lowest BCUT2D eigenvalue weighted by molar-refractivity contribution is 0.658. The van der Waals surface area contributed by atoms with Crippen LogP contribution in [0.3, 0.4) is 0 Å². The van der Waals surface area contributed by atoms with Gasteiger partial charge in [0.2, 0.25) is 0 Å². The second kappa shape index (κ2) is 6.22. The number of aryl methyl sites for hydroxylation is 1. The van der Waals surface area contributed by atoms with E-state index in [1.807, 2.05) is 30.5 Å². The van der Waals surface area contributed by atoms with Crippen LogP contribution in [0.1, 0.15) is 17.8 Å². The van der Waals surface area contributed by atoms with Crippen LogP contribution in [0.2, 0.25) is 0 Å². The molecule has 1 aliphatic heterocycles. The second-order valence-electron chi connectivity index (χ2n) is 6.52. The van der Waals surface area contributed by atoms with Gasteiger partial charge in [0, 0.05) is 29.4 Å². The molecule has 0 N–H and O–H groups in total. The van der Waals surface area contributed by atoms with Crippen molar-refractivity contribution in [3.63, 3.8) is 0 Å². The molecule has 4 nitrogen and oxygen atoms in total. The minimum absolute atomic E-state index is 0.398. The maximum absolute atomic E-state index is 6.00. The molecule has 1 aromatic carbocycles. The van der Waals surface area contributed by atoms with Crippen molar-refractivity contribution in [1.29, 1.82) is 0 Å². The molecule has 0 saturated heterocycles. The molecule has 0 bridgehead atoms. The summed E-state index contributed by atoms with van der Waals surface area (Å²) in [5.41, 5.74) is 7.31. The fraction of sp³-hybridized carbons (Fsp3) is 0.190. The third-order valence-electron chi connectivity index (χ3n) is 4.95. The first-order valence-corrected chi connectivity index (χ1v) is 9.34. The maximum atomic E-state index is 6.00. The number of fused-ring (bicyclic) bond motifs is 2. The Kier molecular flexibility index (Phi) is 3.71. The van der Waals surface area contributed by atoms with Gasteiger partial charge < -0.3 is 0 Å². The lowest BCUT2D eigenvalue weighted by Crippen LogP contribution is -1.95. The number of para-hydroxylation sites is 1. The van der Waals surface area contributed by atoms with E-state index in [9.17, 15) is 0 Å². The number of hydrogen-bond donors (Lipinski definition) is 0. The first-order valence-electron chi connectivity index (χ1n) is 8.81. The number of benzene rings is 1. The number of nitrogens with zero attached hydrogens (tertiary/aromatic N) is 4. The van der Waals surface area contributed by atoms with Gasteiger partial charge in [-0.1, -0.05) is 24.3 Å². The number of pyridine rings is 2. The summed E-state index contributed by atoms with van der Waals surface area (Å²) in [6.45, 7) is 0.959. The van der Waals surface area contributed by atoms with E-state index < -0.39 is 0 Å². The number of alkyl halides is 1. The predicted molar refractivity (Wildman–Crippen MR) is 104 cm³/mol. The first-order chi connectivity index (χ1) is 12.8. The van der Waals surface area contributed by atoms with Crippen LogP contribution in [0.5, 0.6) is 0 Å². The normalized spacial score (nSPS) is 13.3. The highest BCUT2D eigenvalue weighted by molar-refractivity contribution is 6.16. The molecular weight excluding hydrogens is 344 g/mol.